The summed E-state index contributed by atoms with van der Waals surface area (Å²) in [7, 11) is 0. The standard InChI is InChI=1S/C14H12F2N2O2/c15-10-6-7-11(12(16)13(10)17)18-14(19)20-8-9-4-2-1-3-5-9/h1-7H,8,17H2,(H,18,19). The van der Waals surface area contributed by atoms with Crippen LogP contribution in [0.1, 0.15) is 5.56 Å². The number of anilines is 2. The lowest BCUT2D eigenvalue weighted by Crippen LogP contribution is -2.15. The van der Waals surface area contributed by atoms with E-state index in [1.54, 1.807) is 24.3 Å². The van der Waals surface area contributed by atoms with Gasteiger partial charge in [0.2, 0.25) is 0 Å². The molecule has 0 saturated carbocycles. The lowest BCUT2D eigenvalue weighted by molar-refractivity contribution is 0.155. The highest BCUT2D eigenvalue weighted by Gasteiger charge is 2.13. The van der Waals surface area contributed by atoms with Crippen molar-refractivity contribution in [3.8, 4) is 0 Å². The number of carbonyl (C=O) groups is 1. The molecule has 2 aromatic rings. The highest BCUT2D eigenvalue weighted by atomic mass is 19.1. The molecule has 0 bridgehead atoms. The van der Waals surface area contributed by atoms with E-state index < -0.39 is 23.4 Å². The topological polar surface area (TPSA) is 64.3 Å². The SMILES string of the molecule is Nc1c(F)ccc(NC(=O)OCc2ccccc2)c1F. The van der Waals surface area contributed by atoms with E-state index in [0.717, 1.165) is 17.7 Å². The van der Waals surface area contributed by atoms with Crippen molar-refractivity contribution in [2.45, 2.75) is 6.61 Å². The summed E-state index contributed by atoms with van der Waals surface area (Å²) in [6.45, 7) is 0.0466. The Balaban J connectivity index is 1.97. The normalized spacial score (nSPS) is 10.1. The minimum atomic E-state index is -1.03. The molecular weight excluding hydrogens is 266 g/mol. The first-order valence-electron chi connectivity index (χ1n) is 5.79. The van der Waals surface area contributed by atoms with E-state index in [1.165, 1.54) is 0 Å². The number of benzene rings is 2. The van der Waals surface area contributed by atoms with Crippen molar-refractivity contribution in [3.05, 3.63) is 59.7 Å². The van der Waals surface area contributed by atoms with Crippen LogP contribution in [0.25, 0.3) is 0 Å². The van der Waals surface area contributed by atoms with Crippen LogP contribution in [-0.4, -0.2) is 6.09 Å². The van der Waals surface area contributed by atoms with Crippen molar-refractivity contribution in [2.75, 3.05) is 11.1 Å². The molecule has 2 aromatic carbocycles. The predicted octanol–water partition coefficient (Wildman–Crippen LogP) is 3.30. The summed E-state index contributed by atoms with van der Waals surface area (Å²) in [5.74, 6) is -1.91. The van der Waals surface area contributed by atoms with Crippen LogP contribution >= 0.6 is 0 Å². The third-order valence-corrected chi connectivity index (χ3v) is 2.58. The molecule has 6 heteroatoms. The second-order valence-electron chi connectivity index (χ2n) is 4.01. The van der Waals surface area contributed by atoms with Crippen LogP contribution in [0.4, 0.5) is 25.0 Å². The van der Waals surface area contributed by atoms with Crippen LogP contribution in [0.3, 0.4) is 0 Å². The molecule has 0 heterocycles. The van der Waals surface area contributed by atoms with Crippen molar-refractivity contribution in [1.29, 1.82) is 0 Å². The molecule has 2 rings (SSSR count). The molecule has 20 heavy (non-hydrogen) atoms. The van der Waals surface area contributed by atoms with E-state index in [2.05, 4.69) is 5.32 Å². The van der Waals surface area contributed by atoms with Crippen molar-refractivity contribution in [1.82, 2.24) is 0 Å². The summed E-state index contributed by atoms with van der Waals surface area (Å²) in [5.41, 5.74) is 5.09. The molecule has 0 unspecified atom stereocenters. The Morgan fingerprint density at radius 2 is 1.85 bits per heavy atom. The maximum Gasteiger partial charge on any atom is 0.412 e. The molecule has 0 saturated heterocycles. The predicted molar refractivity (Wildman–Crippen MR) is 71.0 cm³/mol. The minimum Gasteiger partial charge on any atom is -0.444 e. The van der Waals surface area contributed by atoms with Gasteiger partial charge in [0, 0.05) is 0 Å². The zero-order chi connectivity index (χ0) is 14.5. The molecule has 0 aliphatic carbocycles. The highest BCUT2D eigenvalue weighted by Crippen LogP contribution is 2.23. The van der Waals surface area contributed by atoms with Gasteiger partial charge in [-0.05, 0) is 17.7 Å². The smallest absolute Gasteiger partial charge is 0.412 e. The second-order valence-corrected chi connectivity index (χ2v) is 4.01. The number of carbonyl (C=O) groups excluding carboxylic acids is 1. The number of nitrogens with one attached hydrogen (secondary N) is 1. The van der Waals surface area contributed by atoms with E-state index in [4.69, 9.17) is 10.5 Å². The first kappa shape index (κ1) is 13.8. The minimum absolute atomic E-state index is 0.0466. The first-order valence-corrected chi connectivity index (χ1v) is 5.79. The summed E-state index contributed by atoms with van der Waals surface area (Å²) < 4.78 is 31.4. The Hall–Kier alpha value is -2.63. The Kier molecular flexibility index (Phi) is 4.14. The van der Waals surface area contributed by atoms with Crippen LogP contribution in [-0.2, 0) is 11.3 Å². The number of hydrogen-bond donors (Lipinski definition) is 2. The monoisotopic (exact) mass is 278 g/mol. The average molecular weight is 278 g/mol. The van der Waals surface area contributed by atoms with E-state index in [1.807, 2.05) is 6.07 Å². The Labute approximate surface area is 114 Å². The van der Waals surface area contributed by atoms with Gasteiger partial charge in [0.1, 0.15) is 18.1 Å². The third kappa shape index (κ3) is 3.23. The number of nitrogens with two attached hydrogens (primary N) is 1. The molecule has 0 radical (unpaired) electrons. The van der Waals surface area contributed by atoms with Crippen molar-refractivity contribution in [3.63, 3.8) is 0 Å². The Morgan fingerprint density at radius 1 is 1.15 bits per heavy atom. The molecule has 0 aliphatic heterocycles. The molecule has 3 N–H and O–H groups in total. The number of hydrogen-bond acceptors (Lipinski definition) is 3. The second kappa shape index (κ2) is 6.01. The third-order valence-electron chi connectivity index (χ3n) is 2.58. The van der Waals surface area contributed by atoms with Gasteiger partial charge in [0.05, 0.1) is 5.69 Å². The molecule has 0 fully saturated rings. The summed E-state index contributed by atoms with van der Waals surface area (Å²) >= 11 is 0. The molecule has 0 spiro atoms. The number of halogens is 2. The molecule has 1 amide bonds. The highest BCUT2D eigenvalue weighted by molar-refractivity contribution is 5.85. The van der Waals surface area contributed by atoms with E-state index in [9.17, 15) is 13.6 Å². The largest absolute Gasteiger partial charge is 0.444 e. The van der Waals surface area contributed by atoms with Gasteiger partial charge in [-0.2, -0.15) is 0 Å². The Morgan fingerprint density at radius 3 is 2.55 bits per heavy atom. The zero-order valence-corrected chi connectivity index (χ0v) is 10.4. The van der Waals surface area contributed by atoms with E-state index in [-0.39, 0.29) is 12.3 Å². The average Bonchev–Trinajstić information content (AvgIpc) is 2.47. The first-order chi connectivity index (χ1) is 9.58. The van der Waals surface area contributed by atoms with Crippen LogP contribution < -0.4 is 11.1 Å². The fraction of sp³-hybridized carbons (Fsp3) is 0.0714. The maximum atomic E-state index is 13.6. The number of nitrogen functional groups attached to an aromatic ring is 1. The van der Waals surface area contributed by atoms with Crippen molar-refractivity contribution >= 4 is 17.5 Å². The fourth-order valence-corrected chi connectivity index (χ4v) is 1.54. The number of amides is 1. The van der Waals surface area contributed by atoms with Crippen molar-refractivity contribution in [2.24, 2.45) is 0 Å². The van der Waals surface area contributed by atoms with Gasteiger partial charge in [0.25, 0.3) is 0 Å². The van der Waals surface area contributed by atoms with Crippen LogP contribution in [0, 0.1) is 11.6 Å². The van der Waals surface area contributed by atoms with Crippen LogP contribution in [0.2, 0.25) is 0 Å². The number of rotatable bonds is 3. The quantitative estimate of drug-likeness (QED) is 0.847. The maximum absolute atomic E-state index is 13.6. The molecule has 0 aromatic heterocycles. The van der Waals surface area contributed by atoms with Gasteiger partial charge in [-0.3, -0.25) is 5.32 Å². The zero-order valence-electron chi connectivity index (χ0n) is 10.4. The summed E-state index contributed by atoms with van der Waals surface area (Å²) in [6, 6.07) is 11.0. The van der Waals surface area contributed by atoms with Gasteiger partial charge >= 0.3 is 6.09 Å². The molecule has 0 atom stereocenters. The molecule has 104 valence electrons. The van der Waals surface area contributed by atoms with Crippen LogP contribution in [0.5, 0.6) is 0 Å². The van der Waals surface area contributed by atoms with Gasteiger partial charge in [0.15, 0.2) is 5.82 Å². The molecule has 4 nitrogen and oxygen atoms in total. The summed E-state index contributed by atoms with van der Waals surface area (Å²) in [5, 5.41) is 2.17. The van der Waals surface area contributed by atoms with Crippen molar-refractivity contribution < 1.29 is 18.3 Å². The summed E-state index contributed by atoms with van der Waals surface area (Å²) in [4.78, 5) is 11.5. The Bertz CT molecular complexity index is 618. The van der Waals surface area contributed by atoms with Gasteiger partial charge in [-0.25, -0.2) is 13.6 Å². The fourth-order valence-electron chi connectivity index (χ4n) is 1.54. The van der Waals surface area contributed by atoms with E-state index in [0.29, 0.717) is 0 Å². The van der Waals surface area contributed by atoms with E-state index >= 15 is 0 Å². The van der Waals surface area contributed by atoms with Gasteiger partial charge in [-0.15, -0.1) is 0 Å². The molecule has 0 aliphatic rings. The van der Waals surface area contributed by atoms with Crippen LogP contribution in [0.15, 0.2) is 42.5 Å². The lowest BCUT2D eigenvalue weighted by Gasteiger charge is -2.09. The van der Waals surface area contributed by atoms with Gasteiger partial charge < -0.3 is 10.5 Å². The molecular formula is C14H12F2N2O2. The van der Waals surface area contributed by atoms with Gasteiger partial charge in [-0.1, -0.05) is 30.3 Å². The summed E-state index contributed by atoms with van der Waals surface area (Å²) in [6.07, 6.45) is -0.848. The number of ether oxygens (including phenoxy) is 1. The lowest BCUT2D eigenvalue weighted by atomic mass is 10.2.